The summed E-state index contributed by atoms with van der Waals surface area (Å²) in [5.74, 6) is 2.48. The Morgan fingerprint density at radius 1 is 1.13 bits per heavy atom. The molecular weight excluding hydrogens is 503 g/mol. The van der Waals surface area contributed by atoms with Crippen molar-refractivity contribution in [2.24, 2.45) is 12.0 Å². The molecule has 3 aromatic rings. The summed E-state index contributed by atoms with van der Waals surface area (Å²) in [6, 6.07) is 12.6. The van der Waals surface area contributed by atoms with Gasteiger partial charge in [-0.05, 0) is 45.7 Å². The van der Waals surface area contributed by atoms with Gasteiger partial charge in [-0.2, -0.15) is 5.10 Å². The molecule has 1 aromatic carbocycles. The zero-order valence-electron chi connectivity index (χ0n) is 19.0. The largest absolute Gasteiger partial charge is 0.356 e. The van der Waals surface area contributed by atoms with E-state index in [0.717, 1.165) is 42.8 Å². The molecule has 31 heavy (non-hydrogen) atoms. The Balaban J connectivity index is 0.00000341. The standard InChI is InChI=1S/C22H32N8.HI/c1-16-14-17(2)30(28-16)13-9-12-23-22(24-15-21-27-26-19(4)29(21)5)25-18(3)20-10-7-6-8-11-20;/h6-8,10-11,14,18H,9,12-13,15H2,1-5H3,(H2,23,24,25);1H. The first kappa shape index (κ1) is 24.8. The van der Waals surface area contributed by atoms with Crippen molar-refractivity contribution >= 4 is 29.9 Å². The second-order valence-electron chi connectivity index (χ2n) is 7.59. The molecular formula is C22H33IN8. The van der Waals surface area contributed by atoms with Gasteiger partial charge in [0.05, 0.1) is 11.7 Å². The number of halogens is 1. The van der Waals surface area contributed by atoms with Gasteiger partial charge in [0.2, 0.25) is 0 Å². The van der Waals surface area contributed by atoms with Crippen molar-refractivity contribution in [3.05, 3.63) is 65.0 Å². The van der Waals surface area contributed by atoms with Crippen molar-refractivity contribution in [1.29, 1.82) is 0 Å². The molecule has 2 heterocycles. The van der Waals surface area contributed by atoms with E-state index in [1.165, 1.54) is 11.3 Å². The van der Waals surface area contributed by atoms with E-state index < -0.39 is 0 Å². The second kappa shape index (κ2) is 11.8. The molecule has 0 bridgehead atoms. The lowest BCUT2D eigenvalue weighted by molar-refractivity contribution is 0.552. The summed E-state index contributed by atoms with van der Waals surface area (Å²) < 4.78 is 4.01. The van der Waals surface area contributed by atoms with Crippen molar-refractivity contribution in [1.82, 2.24) is 35.2 Å². The lowest BCUT2D eigenvalue weighted by Gasteiger charge is -2.19. The Hall–Kier alpha value is -2.43. The van der Waals surface area contributed by atoms with Gasteiger partial charge >= 0.3 is 0 Å². The number of guanidine groups is 1. The van der Waals surface area contributed by atoms with Gasteiger partial charge in [0.15, 0.2) is 11.8 Å². The molecule has 0 fully saturated rings. The van der Waals surface area contributed by atoms with Crippen molar-refractivity contribution in [2.75, 3.05) is 6.54 Å². The molecule has 0 aliphatic heterocycles. The molecule has 0 aliphatic carbocycles. The quantitative estimate of drug-likeness (QED) is 0.200. The van der Waals surface area contributed by atoms with E-state index in [9.17, 15) is 0 Å². The zero-order valence-corrected chi connectivity index (χ0v) is 21.3. The van der Waals surface area contributed by atoms with Crippen LogP contribution >= 0.6 is 24.0 Å². The van der Waals surface area contributed by atoms with E-state index in [4.69, 9.17) is 4.99 Å². The van der Waals surface area contributed by atoms with Crippen LogP contribution in [0.15, 0.2) is 41.4 Å². The zero-order chi connectivity index (χ0) is 21.5. The first-order valence-corrected chi connectivity index (χ1v) is 10.4. The fraction of sp³-hybridized carbons (Fsp3) is 0.455. The van der Waals surface area contributed by atoms with Crippen LogP contribution < -0.4 is 10.6 Å². The molecule has 9 heteroatoms. The van der Waals surface area contributed by atoms with Crippen LogP contribution in [0.3, 0.4) is 0 Å². The van der Waals surface area contributed by atoms with Gasteiger partial charge < -0.3 is 15.2 Å². The fourth-order valence-electron chi connectivity index (χ4n) is 3.26. The molecule has 168 valence electrons. The number of aliphatic imine (C=N–C) groups is 1. The van der Waals surface area contributed by atoms with E-state index in [1.54, 1.807) is 0 Å². The lowest BCUT2D eigenvalue weighted by Crippen LogP contribution is -2.39. The third-order valence-electron chi connectivity index (χ3n) is 5.16. The maximum absolute atomic E-state index is 4.75. The Kier molecular flexibility index (Phi) is 9.47. The molecule has 2 N–H and O–H groups in total. The van der Waals surface area contributed by atoms with Crippen molar-refractivity contribution in [2.45, 2.75) is 53.2 Å². The molecule has 8 nitrogen and oxygen atoms in total. The molecule has 1 atom stereocenters. The monoisotopic (exact) mass is 536 g/mol. The Morgan fingerprint density at radius 2 is 1.87 bits per heavy atom. The highest BCUT2D eigenvalue weighted by atomic mass is 127. The van der Waals surface area contributed by atoms with Gasteiger partial charge in [-0.15, -0.1) is 34.2 Å². The first-order chi connectivity index (χ1) is 14.4. The van der Waals surface area contributed by atoms with Crippen molar-refractivity contribution in [3.8, 4) is 0 Å². The summed E-state index contributed by atoms with van der Waals surface area (Å²) in [7, 11) is 1.96. The summed E-state index contributed by atoms with van der Waals surface area (Å²) in [6.45, 7) is 10.3. The van der Waals surface area contributed by atoms with Crippen LogP contribution in [-0.4, -0.2) is 37.0 Å². The number of aromatic nitrogens is 5. The van der Waals surface area contributed by atoms with Gasteiger partial charge in [0.1, 0.15) is 12.4 Å². The number of aryl methyl sites for hydroxylation is 4. The smallest absolute Gasteiger partial charge is 0.192 e. The van der Waals surface area contributed by atoms with Crippen LogP contribution in [0, 0.1) is 20.8 Å². The van der Waals surface area contributed by atoms with Gasteiger partial charge in [0, 0.05) is 25.8 Å². The minimum absolute atomic E-state index is 0. The molecule has 2 aromatic heterocycles. The summed E-state index contributed by atoms with van der Waals surface area (Å²) in [5.41, 5.74) is 3.46. The molecule has 0 saturated heterocycles. The van der Waals surface area contributed by atoms with Crippen LogP contribution in [0.2, 0.25) is 0 Å². The molecule has 0 saturated carbocycles. The number of benzene rings is 1. The summed E-state index contributed by atoms with van der Waals surface area (Å²) in [4.78, 5) is 4.75. The normalized spacial score (nSPS) is 12.4. The number of nitrogens with one attached hydrogen (secondary N) is 2. The number of hydrogen-bond donors (Lipinski definition) is 2. The minimum atomic E-state index is 0. The Labute approximate surface area is 201 Å². The Bertz CT molecular complexity index is 977. The average molecular weight is 536 g/mol. The van der Waals surface area contributed by atoms with Gasteiger partial charge in [-0.25, -0.2) is 4.99 Å². The first-order valence-electron chi connectivity index (χ1n) is 10.4. The predicted molar refractivity (Wildman–Crippen MR) is 135 cm³/mol. The lowest BCUT2D eigenvalue weighted by atomic mass is 10.1. The van der Waals surface area contributed by atoms with Gasteiger partial charge in [-0.1, -0.05) is 30.3 Å². The van der Waals surface area contributed by atoms with Crippen molar-refractivity contribution < 1.29 is 0 Å². The van der Waals surface area contributed by atoms with Crippen LogP contribution in [0.5, 0.6) is 0 Å². The molecule has 0 aliphatic rings. The molecule has 3 rings (SSSR count). The van der Waals surface area contributed by atoms with Gasteiger partial charge in [-0.3, -0.25) is 4.68 Å². The van der Waals surface area contributed by atoms with E-state index in [0.29, 0.717) is 6.54 Å². The average Bonchev–Trinajstić information content (AvgIpc) is 3.23. The van der Waals surface area contributed by atoms with E-state index in [-0.39, 0.29) is 30.0 Å². The third kappa shape index (κ3) is 7.05. The molecule has 0 amide bonds. The van der Waals surface area contributed by atoms with Gasteiger partial charge in [0.25, 0.3) is 0 Å². The van der Waals surface area contributed by atoms with Crippen molar-refractivity contribution in [3.63, 3.8) is 0 Å². The Morgan fingerprint density at radius 3 is 2.48 bits per heavy atom. The maximum Gasteiger partial charge on any atom is 0.192 e. The number of hydrogen-bond acceptors (Lipinski definition) is 4. The van der Waals surface area contributed by atoms with E-state index in [1.807, 2.05) is 31.5 Å². The summed E-state index contributed by atoms with van der Waals surface area (Å²) in [6.07, 6.45) is 0.950. The van der Waals surface area contributed by atoms with Crippen LogP contribution in [-0.2, 0) is 20.1 Å². The van der Waals surface area contributed by atoms with E-state index in [2.05, 4.69) is 74.8 Å². The molecule has 1 unspecified atom stereocenters. The molecule has 0 radical (unpaired) electrons. The third-order valence-corrected chi connectivity index (χ3v) is 5.16. The van der Waals surface area contributed by atoms with E-state index >= 15 is 0 Å². The minimum Gasteiger partial charge on any atom is -0.356 e. The van der Waals surface area contributed by atoms with Crippen LogP contribution in [0.25, 0.3) is 0 Å². The second-order valence-corrected chi connectivity index (χ2v) is 7.59. The number of rotatable bonds is 8. The molecule has 0 spiro atoms. The maximum atomic E-state index is 4.75. The van der Waals surface area contributed by atoms with Crippen LogP contribution in [0.1, 0.15) is 48.0 Å². The highest BCUT2D eigenvalue weighted by Crippen LogP contribution is 2.11. The van der Waals surface area contributed by atoms with Crippen LogP contribution in [0.4, 0.5) is 0 Å². The topological polar surface area (TPSA) is 85.0 Å². The summed E-state index contributed by atoms with van der Waals surface area (Å²) >= 11 is 0. The summed E-state index contributed by atoms with van der Waals surface area (Å²) in [5, 5.41) is 19.8. The predicted octanol–water partition coefficient (Wildman–Crippen LogP) is 3.44. The highest BCUT2D eigenvalue weighted by Gasteiger charge is 2.10. The fourth-order valence-corrected chi connectivity index (χ4v) is 3.26. The SMILES string of the molecule is Cc1cc(C)n(CCCNC(=NCc2nnc(C)n2C)NC(C)c2ccccc2)n1.I. The number of nitrogens with zero attached hydrogens (tertiary/aromatic N) is 6. The highest BCUT2D eigenvalue weighted by molar-refractivity contribution is 14.0.